The molecule has 1 aromatic rings. The van der Waals surface area contributed by atoms with Crippen molar-refractivity contribution in [2.75, 3.05) is 33.8 Å². The molecule has 150 valence electrons. The maximum Gasteiger partial charge on any atom is 0.340 e. The van der Waals surface area contributed by atoms with E-state index < -0.39 is 22.6 Å². The molecule has 1 heterocycles. The molecule has 0 radical (unpaired) electrons. The monoisotopic (exact) mass is 416 g/mol. The Kier molecular flexibility index (Phi) is 6.88. The number of sulfonamides is 1. The van der Waals surface area contributed by atoms with E-state index in [0.29, 0.717) is 24.9 Å². The highest BCUT2D eigenvalue weighted by Crippen LogP contribution is 2.24. The summed E-state index contributed by atoms with van der Waals surface area (Å²) in [4.78, 5) is 26.3. The minimum atomic E-state index is -3.72. The van der Waals surface area contributed by atoms with Gasteiger partial charge in [0.15, 0.2) is 6.61 Å². The van der Waals surface area contributed by atoms with Crippen LogP contribution in [0.25, 0.3) is 0 Å². The second-order valence-corrected chi connectivity index (χ2v) is 9.81. The summed E-state index contributed by atoms with van der Waals surface area (Å²) in [5.41, 5.74) is -0.0900. The van der Waals surface area contributed by atoms with Crippen molar-refractivity contribution in [1.82, 2.24) is 9.21 Å². The van der Waals surface area contributed by atoms with Crippen LogP contribution in [0.5, 0.6) is 0 Å². The second kappa shape index (κ2) is 8.58. The predicted molar refractivity (Wildman–Crippen MR) is 102 cm³/mol. The summed E-state index contributed by atoms with van der Waals surface area (Å²) >= 11 is 6.02. The van der Waals surface area contributed by atoms with Gasteiger partial charge in [0.25, 0.3) is 5.91 Å². The molecule has 1 aromatic carbocycles. The number of amides is 1. The topological polar surface area (TPSA) is 84.0 Å². The number of piperidine rings is 1. The Hall–Kier alpha value is -1.64. The first-order chi connectivity index (χ1) is 12.5. The summed E-state index contributed by atoms with van der Waals surface area (Å²) in [6.07, 6.45) is 1.06. The normalized spacial score (nSPS) is 20.6. The Bertz CT molecular complexity index is 815. The first kappa shape index (κ1) is 21.7. The fourth-order valence-corrected chi connectivity index (χ4v) is 4.32. The number of halogens is 1. The molecular weight excluding hydrogens is 392 g/mol. The van der Waals surface area contributed by atoms with Crippen LogP contribution in [0.4, 0.5) is 0 Å². The van der Waals surface area contributed by atoms with Crippen molar-refractivity contribution in [3.05, 3.63) is 28.8 Å². The van der Waals surface area contributed by atoms with Crippen LogP contribution < -0.4 is 0 Å². The lowest BCUT2D eigenvalue weighted by Crippen LogP contribution is -2.44. The third kappa shape index (κ3) is 5.21. The number of carbonyl (C=O) groups is 2. The standard InChI is InChI=1S/C18H25ClN2O5S/c1-12-7-13(2)10-21(9-12)17(22)11-26-18(23)15-8-14(5-6-16(15)19)27(24,25)20(3)4/h5-6,8,12-13H,7,9-11H2,1-4H3/t12-,13+. The van der Waals surface area contributed by atoms with Crippen molar-refractivity contribution in [1.29, 1.82) is 0 Å². The van der Waals surface area contributed by atoms with Gasteiger partial charge in [0.1, 0.15) is 0 Å². The number of esters is 1. The zero-order chi connectivity index (χ0) is 20.4. The predicted octanol–water partition coefficient (Wildman–Crippen LogP) is 2.25. The third-order valence-electron chi connectivity index (χ3n) is 4.48. The van der Waals surface area contributed by atoms with E-state index in [1.165, 1.54) is 26.2 Å². The zero-order valence-electron chi connectivity index (χ0n) is 15.9. The molecule has 0 bridgehead atoms. The fraction of sp³-hybridized carbons (Fsp3) is 0.556. The van der Waals surface area contributed by atoms with E-state index >= 15 is 0 Å². The molecule has 1 aliphatic rings. The summed E-state index contributed by atoms with van der Waals surface area (Å²) in [5, 5.41) is 0.0605. The third-order valence-corrected chi connectivity index (χ3v) is 6.63. The lowest BCUT2D eigenvalue weighted by atomic mass is 9.92. The quantitative estimate of drug-likeness (QED) is 0.687. The van der Waals surface area contributed by atoms with Crippen molar-refractivity contribution >= 4 is 33.5 Å². The van der Waals surface area contributed by atoms with E-state index in [4.69, 9.17) is 16.3 Å². The van der Waals surface area contributed by atoms with E-state index in [1.807, 2.05) is 0 Å². The second-order valence-electron chi connectivity index (χ2n) is 7.25. The Labute approximate surface area is 165 Å². The highest BCUT2D eigenvalue weighted by Gasteiger charge is 2.27. The van der Waals surface area contributed by atoms with Crippen molar-refractivity contribution in [3.63, 3.8) is 0 Å². The maximum absolute atomic E-state index is 12.3. The molecule has 1 saturated heterocycles. The molecule has 0 unspecified atom stereocenters. The number of carbonyl (C=O) groups excluding carboxylic acids is 2. The van der Waals surface area contributed by atoms with E-state index in [9.17, 15) is 18.0 Å². The van der Waals surface area contributed by atoms with Gasteiger partial charge in [0.05, 0.1) is 15.5 Å². The molecule has 0 N–H and O–H groups in total. The lowest BCUT2D eigenvalue weighted by Gasteiger charge is -2.34. The molecule has 0 saturated carbocycles. The van der Waals surface area contributed by atoms with Gasteiger partial charge >= 0.3 is 5.97 Å². The molecule has 0 spiro atoms. The number of hydrogen-bond donors (Lipinski definition) is 0. The molecular formula is C18H25ClN2O5S. The van der Waals surface area contributed by atoms with Gasteiger partial charge in [0, 0.05) is 27.2 Å². The largest absolute Gasteiger partial charge is 0.452 e. The average molecular weight is 417 g/mol. The minimum absolute atomic E-state index is 0.0605. The van der Waals surface area contributed by atoms with Crippen molar-refractivity contribution < 1.29 is 22.7 Å². The van der Waals surface area contributed by atoms with Crippen molar-refractivity contribution in [2.45, 2.75) is 25.2 Å². The van der Waals surface area contributed by atoms with Crippen LogP contribution in [0, 0.1) is 11.8 Å². The molecule has 0 aromatic heterocycles. The van der Waals surface area contributed by atoms with Gasteiger partial charge in [-0.25, -0.2) is 17.5 Å². The summed E-state index contributed by atoms with van der Waals surface area (Å²) in [5.74, 6) is -0.302. The fourth-order valence-electron chi connectivity index (χ4n) is 3.19. The van der Waals surface area contributed by atoms with E-state index in [1.54, 1.807) is 4.90 Å². The van der Waals surface area contributed by atoms with Crippen LogP contribution in [0.1, 0.15) is 30.6 Å². The first-order valence-electron chi connectivity index (χ1n) is 8.69. The van der Waals surface area contributed by atoms with Crippen LogP contribution in [-0.4, -0.2) is 63.3 Å². The maximum atomic E-state index is 12.3. The SMILES string of the molecule is C[C@@H]1C[C@H](C)CN(C(=O)COC(=O)c2cc(S(=O)(=O)N(C)C)ccc2Cl)C1. The Morgan fingerprint density at radius 1 is 1.22 bits per heavy atom. The van der Waals surface area contributed by atoms with Gasteiger partial charge < -0.3 is 9.64 Å². The van der Waals surface area contributed by atoms with E-state index in [2.05, 4.69) is 13.8 Å². The number of hydrogen-bond acceptors (Lipinski definition) is 5. The van der Waals surface area contributed by atoms with E-state index in [-0.39, 0.29) is 21.4 Å². The molecule has 27 heavy (non-hydrogen) atoms. The number of rotatable bonds is 5. The van der Waals surface area contributed by atoms with Crippen LogP contribution in [0.15, 0.2) is 23.1 Å². The van der Waals surface area contributed by atoms with Gasteiger partial charge in [-0.05, 0) is 36.5 Å². The van der Waals surface area contributed by atoms with E-state index in [0.717, 1.165) is 16.8 Å². The van der Waals surface area contributed by atoms with Crippen LogP contribution in [0.2, 0.25) is 5.02 Å². The summed E-state index contributed by atoms with van der Waals surface area (Å²) in [6.45, 7) is 5.03. The lowest BCUT2D eigenvalue weighted by molar-refractivity contribution is -0.137. The van der Waals surface area contributed by atoms with Crippen molar-refractivity contribution in [2.24, 2.45) is 11.8 Å². The molecule has 0 aliphatic carbocycles. The van der Waals surface area contributed by atoms with Gasteiger partial charge in [0.2, 0.25) is 10.0 Å². The molecule has 2 rings (SSSR count). The van der Waals surface area contributed by atoms with Crippen LogP contribution in [-0.2, 0) is 19.6 Å². The summed E-state index contributed by atoms with van der Waals surface area (Å²) in [7, 11) is -0.938. The van der Waals surface area contributed by atoms with Crippen molar-refractivity contribution in [3.8, 4) is 0 Å². The smallest absolute Gasteiger partial charge is 0.340 e. The molecule has 1 fully saturated rings. The first-order valence-corrected chi connectivity index (χ1v) is 10.5. The molecule has 1 amide bonds. The highest BCUT2D eigenvalue weighted by atomic mass is 35.5. The van der Waals surface area contributed by atoms with Gasteiger partial charge in [-0.15, -0.1) is 0 Å². The molecule has 1 aliphatic heterocycles. The van der Waals surface area contributed by atoms with Crippen LogP contribution >= 0.6 is 11.6 Å². The number of ether oxygens (including phenoxy) is 1. The number of benzene rings is 1. The molecule has 9 heteroatoms. The highest BCUT2D eigenvalue weighted by molar-refractivity contribution is 7.89. The zero-order valence-corrected chi connectivity index (χ0v) is 17.5. The van der Waals surface area contributed by atoms with Gasteiger partial charge in [-0.1, -0.05) is 25.4 Å². The van der Waals surface area contributed by atoms with Crippen LogP contribution in [0.3, 0.4) is 0 Å². The molecule has 7 nitrogen and oxygen atoms in total. The molecule has 2 atom stereocenters. The van der Waals surface area contributed by atoms with Gasteiger partial charge in [-0.3, -0.25) is 4.79 Å². The Balaban J connectivity index is 2.09. The summed E-state index contributed by atoms with van der Waals surface area (Å²) in [6, 6.07) is 3.80. The Morgan fingerprint density at radius 2 is 1.81 bits per heavy atom. The number of likely N-dealkylation sites (tertiary alicyclic amines) is 1. The summed E-state index contributed by atoms with van der Waals surface area (Å²) < 4.78 is 30.6. The minimum Gasteiger partial charge on any atom is -0.452 e. The van der Waals surface area contributed by atoms with Gasteiger partial charge in [-0.2, -0.15) is 0 Å². The average Bonchev–Trinajstić information content (AvgIpc) is 2.58. The number of nitrogens with zero attached hydrogens (tertiary/aromatic N) is 2. The Morgan fingerprint density at radius 3 is 2.37 bits per heavy atom.